The van der Waals surface area contributed by atoms with Crippen molar-refractivity contribution in [3.8, 4) is 5.75 Å². The molecule has 0 saturated heterocycles. The molecular weight excluding hydrogens is 446 g/mol. The summed E-state index contributed by atoms with van der Waals surface area (Å²) in [6, 6.07) is 10.5. The van der Waals surface area contributed by atoms with E-state index in [0.717, 1.165) is 28.3 Å². The third-order valence-corrected chi connectivity index (χ3v) is 7.52. The molecule has 6 nitrogen and oxygen atoms in total. The topological polar surface area (TPSA) is 92.7 Å². The van der Waals surface area contributed by atoms with Crippen LogP contribution in [0, 0.1) is 13.8 Å². The first kappa shape index (κ1) is 24.5. The highest BCUT2D eigenvalue weighted by atomic mass is 35.5. The number of aryl methyl sites for hydroxylation is 2. The van der Waals surface area contributed by atoms with Crippen LogP contribution in [0.3, 0.4) is 0 Å². The van der Waals surface area contributed by atoms with Crippen LogP contribution in [-0.2, 0) is 14.6 Å². The van der Waals surface area contributed by atoms with Gasteiger partial charge in [-0.25, -0.2) is 13.2 Å². The summed E-state index contributed by atoms with van der Waals surface area (Å²) in [5, 5.41) is 12.4. The van der Waals surface area contributed by atoms with E-state index in [2.05, 4.69) is 5.32 Å². The highest BCUT2D eigenvalue weighted by Crippen LogP contribution is 2.25. The number of aliphatic carboxylic acids is 1. The fourth-order valence-corrected chi connectivity index (χ4v) is 5.14. The smallest absolute Gasteiger partial charge is 0.341 e. The zero-order valence-electron chi connectivity index (χ0n) is 17.0. The zero-order chi connectivity index (χ0) is 22.1. The first-order valence-corrected chi connectivity index (χ1v) is 12.5. The predicted octanol–water partition coefficient (Wildman–Crippen LogP) is 3.97. The van der Waals surface area contributed by atoms with Crippen LogP contribution in [-0.4, -0.2) is 50.7 Å². The number of ether oxygens (including phenoxy) is 1. The van der Waals surface area contributed by atoms with Gasteiger partial charge in [0.15, 0.2) is 16.4 Å². The van der Waals surface area contributed by atoms with Gasteiger partial charge in [-0.1, -0.05) is 17.7 Å². The largest absolute Gasteiger partial charge is 0.482 e. The van der Waals surface area contributed by atoms with Crippen LogP contribution in [0.15, 0.2) is 46.2 Å². The quantitative estimate of drug-likeness (QED) is 0.357. The number of hydrogen-bond acceptors (Lipinski definition) is 6. The Morgan fingerprint density at radius 3 is 2.57 bits per heavy atom. The Morgan fingerprint density at radius 1 is 1.13 bits per heavy atom. The lowest BCUT2D eigenvalue weighted by Gasteiger charge is -2.09. The van der Waals surface area contributed by atoms with Crippen LogP contribution in [0.5, 0.6) is 5.75 Å². The number of rotatable bonds is 12. The Bertz CT molecular complexity index is 979. The molecule has 2 N–H and O–H groups in total. The Morgan fingerprint density at radius 2 is 1.90 bits per heavy atom. The molecule has 0 atom stereocenters. The van der Waals surface area contributed by atoms with E-state index >= 15 is 0 Å². The van der Waals surface area contributed by atoms with Crippen molar-refractivity contribution in [2.45, 2.75) is 30.1 Å². The third-order valence-electron chi connectivity index (χ3n) is 4.31. The average Bonchev–Trinajstić information content (AvgIpc) is 2.68. The summed E-state index contributed by atoms with van der Waals surface area (Å²) in [6.45, 7) is 4.71. The first-order valence-electron chi connectivity index (χ1n) is 9.47. The summed E-state index contributed by atoms with van der Waals surface area (Å²) < 4.78 is 30.0. The van der Waals surface area contributed by atoms with Gasteiger partial charge in [0.2, 0.25) is 0 Å². The summed E-state index contributed by atoms with van der Waals surface area (Å²) in [5.41, 5.74) is 1.74. The molecule has 0 aliphatic carbocycles. The molecule has 2 rings (SSSR count). The van der Waals surface area contributed by atoms with E-state index in [1.54, 1.807) is 30.0 Å². The summed E-state index contributed by atoms with van der Waals surface area (Å²) >= 11 is 7.69. The van der Waals surface area contributed by atoms with Crippen molar-refractivity contribution >= 4 is 39.2 Å². The maximum absolute atomic E-state index is 12.4. The molecule has 0 spiro atoms. The van der Waals surface area contributed by atoms with Crippen molar-refractivity contribution in [3.63, 3.8) is 0 Å². The van der Waals surface area contributed by atoms with Crippen LogP contribution < -0.4 is 10.1 Å². The van der Waals surface area contributed by atoms with Gasteiger partial charge in [0.25, 0.3) is 0 Å². The van der Waals surface area contributed by atoms with Crippen LogP contribution in [0.2, 0.25) is 5.02 Å². The van der Waals surface area contributed by atoms with E-state index in [1.807, 2.05) is 26.0 Å². The molecule has 164 valence electrons. The molecule has 0 aliphatic rings. The molecule has 2 aromatic carbocycles. The Hall–Kier alpha value is -1.74. The Labute approximate surface area is 186 Å². The molecule has 0 fully saturated rings. The summed E-state index contributed by atoms with van der Waals surface area (Å²) in [6.07, 6.45) is 0.521. The number of carboxylic acid groups (broad SMARTS) is 1. The second kappa shape index (κ2) is 11.6. The number of thioether (sulfide) groups is 1. The Kier molecular flexibility index (Phi) is 9.48. The molecule has 0 aliphatic heterocycles. The molecule has 0 unspecified atom stereocenters. The van der Waals surface area contributed by atoms with Gasteiger partial charge in [-0.2, -0.15) is 0 Å². The highest BCUT2D eigenvalue weighted by Gasteiger charge is 2.15. The lowest BCUT2D eigenvalue weighted by Crippen LogP contribution is -2.21. The van der Waals surface area contributed by atoms with Gasteiger partial charge >= 0.3 is 5.97 Å². The van der Waals surface area contributed by atoms with Crippen LogP contribution >= 0.6 is 23.4 Å². The average molecular weight is 472 g/mol. The summed E-state index contributed by atoms with van der Waals surface area (Å²) in [7, 11) is -3.33. The van der Waals surface area contributed by atoms with Gasteiger partial charge in [-0.3, -0.25) is 0 Å². The van der Waals surface area contributed by atoms with Crippen LogP contribution in [0.4, 0.5) is 0 Å². The summed E-state index contributed by atoms with van der Waals surface area (Å²) in [5.74, 6) is 0.462. The number of carbonyl (C=O) groups is 1. The van der Waals surface area contributed by atoms with Gasteiger partial charge in [0.1, 0.15) is 5.75 Å². The van der Waals surface area contributed by atoms with E-state index in [9.17, 15) is 13.2 Å². The second-order valence-corrected chi connectivity index (χ2v) is 10.5. The molecule has 0 radical (unpaired) electrons. The summed E-state index contributed by atoms with van der Waals surface area (Å²) in [4.78, 5) is 11.9. The van der Waals surface area contributed by atoms with Crippen molar-refractivity contribution in [2.24, 2.45) is 0 Å². The number of benzene rings is 2. The minimum Gasteiger partial charge on any atom is -0.482 e. The number of halogens is 1. The normalized spacial score (nSPS) is 11.4. The van der Waals surface area contributed by atoms with E-state index < -0.39 is 15.8 Å². The number of hydrogen-bond donors (Lipinski definition) is 2. The SMILES string of the molecule is Cc1ccc(S(=O)(=O)CCCNCCSc2ccc(OCC(=O)O)c(C)c2)cc1Cl. The molecule has 0 bridgehead atoms. The van der Waals surface area contributed by atoms with E-state index in [-0.39, 0.29) is 17.3 Å². The number of sulfone groups is 1. The lowest BCUT2D eigenvalue weighted by molar-refractivity contribution is -0.139. The fraction of sp³-hybridized carbons (Fsp3) is 0.381. The van der Waals surface area contributed by atoms with Gasteiger partial charge in [0.05, 0.1) is 10.6 Å². The van der Waals surface area contributed by atoms with E-state index in [4.69, 9.17) is 21.4 Å². The maximum Gasteiger partial charge on any atom is 0.341 e. The molecule has 0 aromatic heterocycles. The lowest BCUT2D eigenvalue weighted by atomic mass is 10.2. The third kappa shape index (κ3) is 7.83. The van der Waals surface area contributed by atoms with Crippen molar-refractivity contribution < 1.29 is 23.1 Å². The highest BCUT2D eigenvalue weighted by molar-refractivity contribution is 7.99. The van der Waals surface area contributed by atoms with Crippen molar-refractivity contribution in [1.29, 1.82) is 0 Å². The fourth-order valence-electron chi connectivity index (χ4n) is 2.65. The van der Waals surface area contributed by atoms with Gasteiger partial charge < -0.3 is 15.2 Å². The molecule has 0 amide bonds. The van der Waals surface area contributed by atoms with Crippen molar-refractivity contribution in [3.05, 3.63) is 52.5 Å². The number of nitrogens with one attached hydrogen (secondary N) is 1. The monoisotopic (exact) mass is 471 g/mol. The van der Waals surface area contributed by atoms with Crippen LogP contribution in [0.25, 0.3) is 0 Å². The molecule has 30 heavy (non-hydrogen) atoms. The minimum atomic E-state index is -3.33. The van der Waals surface area contributed by atoms with Gasteiger partial charge in [-0.05, 0) is 68.3 Å². The minimum absolute atomic E-state index is 0.0729. The predicted molar refractivity (Wildman–Crippen MR) is 121 cm³/mol. The molecule has 0 saturated carbocycles. The number of carboxylic acids is 1. The molecule has 2 aromatic rings. The first-order chi connectivity index (χ1) is 14.2. The standard InChI is InChI=1S/C21H26ClNO5S2/c1-15-4-6-18(13-19(15)22)30(26,27)11-3-8-23-9-10-29-17-5-7-20(16(2)12-17)28-14-21(24)25/h4-7,12-13,23H,3,8-11,14H2,1-2H3,(H,24,25). The van der Waals surface area contributed by atoms with Crippen molar-refractivity contribution in [2.75, 3.05) is 31.2 Å². The van der Waals surface area contributed by atoms with Crippen molar-refractivity contribution in [1.82, 2.24) is 5.32 Å². The maximum atomic E-state index is 12.4. The Balaban J connectivity index is 1.67. The van der Waals surface area contributed by atoms with Crippen LogP contribution in [0.1, 0.15) is 17.5 Å². The van der Waals surface area contributed by atoms with E-state index in [1.165, 1.54) is 6.07 Å². The van der Waals surface area contributed by atoms with Gasteiger partial charge in [-0.15, -0.1) is 11.8 Å². The second-order valence-electron chi connectivity index (χ2n) is 6.79. The molecular formula is C21H26ClNO5S2. The van der Waals surface area contributed by atoms with Gasteiger partial charge in [0, 0.05) is 22.2 Å². The molecule has 9 heteroatoms. The molecule has 0 heterocycles. The van der Waals surface area contributed by atoms with E-state index in [0.29, 0.717) is 23.7 Å². The zero-order valence-corrected chi connectivity index (χ0v) is 19.4.